The number of anilines is 2. The van der Waals surface area contributed by atoms with Crippen LogP contribution in [0.1, 0.15) is 41.6 Å². The van der Waals surface area contributed by atoms with E-state index in [2.05, 4.69) is 0 Å². The van der Waals surface area contributed by atoms with Crippen LogP contribution >= 0.6 is 11.6 Å². The largest absolute Gasteiger partial charge is 0.504 e. The van der Waals surface area contributed by atoms with Crippen LogP contribution in [-0.2, 0) is 19.2 Å². The maximum Gasteiger partial charge on any atom is 0.335 e. The molecule has 2 aliphatic carbocycles. The van der Waals surface area contributed by atoms with Gasteiger partial charge in [-0.05, 0) is 79.8 Å². The Hall–Kier alpha value is -5.03. The summed E-state index contributed by atoms with van der Waals surface area (Å²) in [7, 11) is 1.40. The third-order valence-electron chi connectivity index (χ3n) is 10.3. The van der Waals surface area contributed by atoms with Crippen LogP contribution in [0.3, 0.4) is 0 Å². The number of ether oxygens (including phenoxy) is 1. The number of rotatable bonds is 5. The van der Waals surface area contributed by atoms with Crippen LogP contribution in [0.5, 0.6) is 11.5 Å². The number of halogens is 2. The van der Waals surface area contributed by atoms with Gasteiger partial charge in [0.1, 0.15) is 5.82 Å². The Morgan fingerprint density at radius 1 is 0.957 bits per heavy atom. The van der Waals surface area contributed by atoms with Crippen molar-refractivity contribution in [1.82, 2.24) is 0 Å². The fourth-order valence-electron chi connectivity index (χ4n) is 8.18. The summed E-state index contributed by atoms with van der Waals surface area (Å²) in [6.45, 7) is 1.68. The molecular weight excluding hydrogens is 631 g/mol. The molecule has 2 aliphatic heterocycles. The molecule has 1 saturated carbocycles. The molecule has 2 N–H and O–H groups in total. The van der Waals surface area contributed by atoms with Crippen molar-refractivity contribution in [3.63, 3.8) is 0 Å². The van der Waals surface area contributed by atoms with E-state index in [1.54, 1.807) is 19.1 Å². The van der Waals surface area contributed by atoms with E-state index in [1.807, 2.05) is 6.08 Å². The average Bonchev–Trinajstić information content (AvgIpc) is 3.41. The number of imide groups is 2. The van der Waals surface area contributed by atoms with Gasteiger partial charge in [-0.1, -0.05) is 35.4 Å². The second-order valence-corrected chi connectivity index (χ2v) is 13.0. The topological polar surface area (TPSA) is 142 Å². The standard InChI is InChI=1S/C35H28ClFN2O8/c1-35-23(31(42)39(34(35)46)19-7-10-25(37)24(36)14-19)15-22-20(29(35)16-6-11-27(47-2)26(40)13-16)8-9-21-28(22)32(43)38(30(21)41)18-5-3-4-17(12-18)33(44)45/h3-8,10-14,21-23,28-29,40H,9,15H2,1-2H3,(H,44,45)/t21-,22+,23-,28-,29-,35+/m0/s1. The molecule has 6 atom stereocenters. The van der Waals surface area contributed by atoms with Gasteiger partial charge in [-0.25, -0.2) is 14.1 Å². The molecule has 240 valence electrons. The van der Waals surface area contributed by atoms with Crippen LogP contribution in [0, 0.1) is 34.9 Å². The predicted octanol–water partition coefficient (Wildman–Crippen LogP) is 5.33. The van der Waals surface area contributed by atoms with Crippen molar-refractivity contribution in [3.05, 3.63) is 94.3 Å². The van der Waals surface area contributed by atoms with E-state index in [0.717, 1.165) is 15.9 Å². The van der Waals surface area contributed by atoms with E-state index in [4.69, 9.17) is 16.3 Å². The fraction of sp³-hybridized carbons (Fsp3) is 0.286. The molecule has 7 rings (SSSR count). The number of carboxylic acid groups (broad SMARTS) is 1. The number of benzene rings is 3. The highest BCUT2D eigenvalue weighted by molar-refractivity contribution is 6.32. The van der Waals surface area contributed by atoms with Crippen LogP contribution in [0.2, 0.25) is 5.02 Å². The first-order valence-corrected chi connectivity index (χ1v) is 15.4. The van der Waals surface area contributed by atoms with Gasteiger partial charge in [-0.2, -0.15) is 0 Å². The second kappa shape index (κ2) is 10.8. The SMILES string of the molecule is COc1ccc([C@H]2C3=CC[C@@H]4C(=O)N(c5cccc(C(=O)O)c5)C(=O)[C@@H]4[C@@H]3C[C@H]3C(=O)N(c4ccc(F)c(Cl)c4)C(=O)[C@@]23C)cc1O. The summed E-state index contributed by atoms with van der Waals surface area (Å²) in [5.74, 6) is -8.03. The lowest BCUT2D eigenvalue weighted by atomic mass is 9.51. The third kappa shape index (κ3) is 4.32. The summed E-state index contributed by atoms with van der Waals surface area (Å²) < 4.78 is 19.3. The maximum atomic E-state index is 14.5. The monoisotopic (exact) mass is 658 g/mol. The lowest BCUT2D eigenvalue weighted by Gasteiger charge is -2.49. The molecule has 3 aromatic rings. The minimum absolute atomic E-state index is 0.0696. The summed E-state index contributed by atoms with van der Waals surface area (Å²) in [4.78, 5) is 70.4. The molecule has 12 heteroatoms. The van der Waals surface area contributed by atoms with Gasteiger partial charge in [0.2, 0.25) is 23.6 Å². The van der Waals surface area contributed by atoms with Crippen LogP contribution in [0.25, 0.3) is 0 Å². The average molecular weight is 659 g/mol. The number of allylic oxidation sites excluding steroid dienone is 2. The molecule has 10 nitrogen and oxygen atoms in total. The first kappa shape index (κ1) is 30.6. The number of phenolic OH excluding ortho intramolecular Hbond substituents is 1. The lowest BCUT2D eigenvalue weighted by Crippen LogP contribution is -2.48. The van der Waals surface area contributed by atoms with Crippen molar-refractivity contribution in [2.45, 2.75) is 25.7 Å². The molecule has 47 heavy (non-hydrogen) atoms. The fourth-order valence-corrected chi connectivity index (χ4v) is 8.36. The van der Waals surface area contributed by atoms with E-state index in [9.17, 15) is 38.6 Å². The molecule has 0 spiro atoms. The number of carbonyl (C=O) groups is 5. The minimum atomic E-state index is -1.39. The van der Waals surface area contributed by atoms with Crippen LogP contribution < -0.4 is 14.5 Å². The van der Waals surface area contributed by atoms with E-state index < -0.39 is 70.4 Å². The smallest absolute Gasteiger partial charge is 0.335 e. The highest BCUT2D eigenvalue weighted by atomic mass is 35.5. The predicted molar refractivity (Wildman–Crippen MR) is 167 cm³/mol. The van der Waals surface area contributed by atoms with E-state index in [1.165, 1.54) is 49.6 Å². The van der Waals surface area contributed by atoms with Gasteiger partial charge in [0.15, 0.2) is 11.5 Å². The Labute approximate surface area is 273 Å². The molecule has 0 unspecified atom stereocenters. The van der Waals surface area contributed by atoms with Gasteiger partial charge >= 0.3 is 5.97 Å². The zero-order valence-electron chi connectivity index (χ0n) is 25.1. The quantitative estimate of drug-likeness (QED) is 0.277. The Morgan fingerprint density at radius 3 is 2.38 bits per heavy atom. The second-order valence-electron chi connectivity index (χ2n) is 12.6. The number of phenols is 1. The number of hydrogen-bond acceptors (Lipinski definition) is 7. The first-order chi connectivity index (χ1) is 22.4. The number of carboxylic acids is 1. The highest BCUT2D eigenvalue weighted by Gasteiger charge is 2.67. The first-order valence-electron chi connectivity index (χ1n) is 15.0. The number of fused-ring (bicyclic) bond motifs is 4. The summed E-state index contributed by atoms with van der Waals surface area (Å²) in [5.41, 5.74) is -0.0369. The van der Waals surface area contributed by atoms with Gasteiger partial charge in [-0.15, -0.1) is 0 Å². The van der Waals surface area contributed by atoms with Gasteiger partial charge < -0.3 is 14.9 Å². The molecule has 3 fully saturated rings. The molecule has 2 heterocycles. The number of amides is 4. The van der Waals surface area contributed by atoms with Crippen LogP contribution in [-0.4, -0.2) is 46.9 Å². The van der Waals surface area contributed by atoms with Gasteiger partial charge in [0.05, 0.1) is 52.2 Å². The van der Waals surface area contributed by atoms with Gasteiger partial charge in [-0.3, -0.25) is 24.1 Å². The zero-order chi connectivity index (χ0) is 33.5. The minimum Gasteiger partial charge on any atom is -0.504 e. The molecule has 0 bridgehead atoms. The van der Waals surface area contributed by atoms with E-state index in [0.29, 0.717) is 11.1 Å². The van der Waals surface area contributed by atoms with Gasteiger partial charge in [0, 0.05) is 5.92 Å². The Morgan fingerprint density at radius 2 is 1.70 bits per heavy atom. The van der Waals surface area contributed by atoms with Crippen molar-refractivity contribution in [2.24, 2.45) is 29.1 Å². The number of aromatic hydroxyl groups is 1. The van der Waals surface area contributed by atoms with Gasteiger partial charge in [0.25, 0.3) is 0 Å². The Bertz CT molecular complexity index is 1960. The van der Waals surface area contributed by atoms with Crippen molar-refractivity contribution in [3.8, 4) is 11.5 Å². The Kier molecular flexibility index (Phi) is 7.01. The number of hydrogen-bond donors (Lipinski definition) is 2. The van der Waals surface area contributed by atoms with Crippen molar-refractivity contribution in [1.29, 1.82) is 0 Å². The number of carbonyl (C=O) groups excluding carboxylic acids is 4. The Balaban J connectivity index is 1.36. The normalized spacial score (nSPS) is 28.2. The summed E-state index contributed by atoms with van der Waals surface area (Å²) in [6.07, 6.45) is 2.10. The van der Waals surface area contributed by atoms with E-state index >= 15 is 0 Å². The third-order valence-corrected chi connectivity index (χ3v) is 10.6. The van der Waals surface area contributed by atoms with E-state index in [-0.39, 0.29) is 46.3 Å². The summed E-state index contributed by atoms with van der Waals surface area (Å²) in [6, 6.07) is 13.9. The zero-order valence-corrected chi connectivity index (χ0v) is 25.9. The lowest BCUT2D eigenvalue weighted by molar-refractivity contribution is -0.131. The summed E-state index contributed by atoms with van der Waals surface area (Å²) in [5, 5.41) is 20.0. The molecule has 4 amide bonds. The molecule has 2 saturated heterocycles. The number of methoxy groups -OCH3 is 1. The molecule has 4 aliphatic rings. The van der Waals surface area contributed by atoms with Crippen molar-refractivity contribution >= 4 is 52.6 Å². The number of aromatic carboxylic acids is 1. The van der Waals surface area contributed by atoms with Crippen molar-refractivity contribution < 1.29 is 43.3 Å². The number of nitrogens with zero attached hydrogens (tertiary/aromatic N) is 2. The van der Waals surface area contributed by atoms with Crippen LogP contribution in [0.4, 0.5) is 15.8 Å². The molecular formula is C35H28ClFN2O8. The highest BCUT2D eigenvalue weighted by Crippen LogP contribution is 2.64. The maximum absolute atomic E-state index is 14.5. The van der Waals surface area contributed by atoms with Crippen molar-refractivity contribution in [2.75, 3.05) is 16.9 Å². The van der Waals surface area contributed by atoms with Crippen LogP contribution in [0.15, 0.2) is 72.3 Å². The summed E-state index contributed by atoms with van der Waals surface area (Å²) >= 11 is 6.05. The molecule has 3 aromatic carbocycles. The molecule has 0 radical (unpaired) electrons. The molecule has 0 aromatic heterocycles.